The molecule has 0 aliphatic heterocycles. The third kappa shape index (κ3) is 18.1. The molecule has 0 atom stereocenters. The van der Waals surface area contributed by atoms with Crippen LogP contribution in [0.15, 0.2) is 86.5 Å². The number of nitrogens with zero attached hydrogens (tertiary/aromatic N) is 14. The van der Waals surface area contributed by atoms with Crippen molar-refractivity contribution in [3.05, 3.63) is 165 Å². The third-order valence-electron chi connectivity index (χ3n) is 14.3. The molecule has 84 heavy (non-hydrogen) atoms. The normalized spacial score (nSPS) is 10.3. The van der Waals surface area contributed by atoms with E-state index in [4.69, 9.17) is 0 Å². The van der Waals surface area contributed by atoms with Gasteiger partial charge in [-0.3, -0.25) is 24.3 Å². The monoisotopic (exact) mass is 1140 g/mol. The minimum Gasteiger partial charge on any atom is -0.334 e. The zero-order chi connectivity index (χ0) is 64.3. The molecule has 0 fully saturated rings. The fraction of sp³-hybridized carbons (Fsp3) is 0.443. The summed E-state index contributed by atoms with van der Waals surface area (Å²) < 4.78 is 9.85. The van der Waals surface area contributed by atoms with Crippen molar-refractivity contribution in [2.24, 2.45) is 35.2 Å². The fourth-order valence-corrected chi connectivity index (χ4v) is 9.16. The summed E-state index contributed by atoms with van der Waals surface area (Å²) in [7, 11) is 9.91. The number of pyridine rings is 4. The van der Waals surface area contributed by atoms with E-state index in [-0.39, 0.29) is 0 Å². The van der Waals surface area contributed by atoms with Gasteiger partial charge in [0.2, 0.25) is 0 Å². The number of hydrogen-bond acceptors (Lipinski definition) is 9. The fourth-order valence-electron chi connectivity index (χ4n) is 9.16. The minimum absolute atomic E-state index is 0.834. The Hall–Kier alpha value is -7.87. The first kappa shape index (κ1) is 74.1. The molecule has 9 aromatic heterocycles. The first-order chi connectivity index (χ1) is 40.2. The van der Waals surface area contributed by atoms with Crippen molar-refractivity contribution in [2.75, 3.05) is 0 Å². The van der Waals surface area contributed by atoms with E-state index in [0.717, 1.165) is 56.4 Å². The highest BCUT2D eigenvalue weighted by Gasteiger charge is 2.14. The van der Waals surface area contributed by atoms with Crippen LogP contribution in [0.2, 0.25) is 0 Å². The number of aryl methyl sites for hydroxylation is 16. The van der Waals surface area contributed by atoms with E-state index in [0.29, 0.717) is 0 Å². The molecular weight excluding hydrogens is 1040 g/mol. The van der Waals surface area contributed by atoms with Crippen LogP contribution in [0.1, 0.15) is 168 Å². The van der Waals surface area contributed by atoms with Crippen LogP contribution in [0.5, 0.6) is 0 Å². The number of rotatable bonds is 0. The molecule has 0 radical (unpaired) electrons. The van der Waals surface area contributed by atoms with Gasteiger partial charge < -0.3 is 13.7 Å². The van der Waals surface area contributed by atoms with Crippen LogP contribution in [0.4, 0.5) is 0 Å². The Morgan fingerprint density at radius 3 is 1.36 bits per heavy atom. The molecule has 0 N–H and O–H groups in total. The lowest BCUT2D eigenvalue weighted by Crippen LogP contribution is -1.94. The molecule has 12 rings (SSSR count). The van der Waals surface area contributed by atoms with Crippen LogP contribution in [-0.2, 0) is 41.7 Å². The highest BCUT2D eigenvalue weighted by atomic mass is 15.3. The molecule has 14 heteroatoms. The molecule has 0 spiro atoms. The predicted molar refractivity (Wildman–Crippen MR) is 363 cm³/mol. The topological polar surface area (TPSA) is 141 Å². The molecule has 0 unspecified atom stereocenters. The highest BCUT2D eigenvalue weighted by molar-refractivity contribution is 5.82. The summed E-state index contributed by atoms with van der Waals surface area (Å²) >= 11 is 0. The van der Waals surface area contributed by atoms with Crippen molar-refractivity contribution in [1.29, 1.82) is 0 Å². The standard InChI is InChI=1S/C12H14.C10H12N2.4C9H11N3.6C2H6/c1-8-4-6-11-7-5-9(2)12(11)10(8)3;1-7-4-5-9-10(8(7)2)12(3)6-11-9;1-6-7(2)10-4-8-9(6)12(3)5-11-8;1-6-7(2)10-4-8-5-11-12(3)9(6)8;1-6-4-10-9-8(7(6)2)12(3)5-11-9;1-6-4-10-8-5-11-12(3)9(8)7(6)2;6*1-2/h4-6H,7H2,1-3H3;4-6H,1-3H3;4*4-5H,1-3H3;6*1-2H3. The van der Waals surface area contributed by atoms with E-state index in [1.165, 1.54) is 88.9 Å². The molecule has 9 heterocycles. The second-order valence-corrected chi connectivity index (χ2v) is 19.1. The Kier molecular flexibility index (Phi) is 32.4. The van der Waals surface area contributed by atoms with E-state index in [9.17, 15) is 0 Å². The van der Waals surface area contributed by atoms with Crippen LogP contribution in [0, 0.1) is 83.1 Å². The second kappa shape index (κ2) is 36.7. The van der Waals surface area contributed by atoms with Gasteiger partial charge in [-0.15, -0.1) is 0 Å². The maximum atomic E-state index is 4.28. The molecule has 14 nitrogen and oxygen atoms in total. The molecule has 0 saturated heterocycles. The van der Waals surface area contributed by atoms with Gasteiger partial charge in [0.25, 0.3) is 0 Å². The summed E-state index contributed by atoms with van der Waals surface area (Å²) in [5.41, 5.74) is 29.2. The number of aromatic nitrogens is 14. The van der Waals surface area contributed by atoms with Gasteiger partial charge in [0.15, 0.2) is 5.65 Å². The van der Waals surface area contributed by atoms with Crippen LogP contribution in [0.3, 0.4) is 0 Å². The van der Waals surface area contributed by atoms with Crippen LogP contribution in [0.25, 0.3) is 60.7 Å². The van der Waals surface area contributed by atoms with Gasteiger partial charge in [-0.2, -0.15) is 10.2 Å². The summed E-state index contributed by atoms with van der Waals surface area (Å²) in [6.45, 7) is 51.4. The zero-order valence-electron chi connectivity index (χ0n) is 57.6. The summed E-state index contributed by atoms with van der Waals surface area (Å²) in [4.78, 5) is 29.7. The summed E-state index contributed by atoms with van der Waals surface area (Å²) in [5.74, 6) is 0. The van der Waals surface area contributed by atoms with Gasteiger partial charge in [-0.25, -0.2) is 19.9 Å². The highest BCUT2D eigenvalue weighted by Crippen LogP contribution is 2.31. The molecule has 2 aromatic carbocycles. The van der Waals surface area contributed by atoms with Crippen molar-refractivity contribution in [1.82, 2.24) is 68.2 Å². The Labute approximate surface area is 506 Å². The maximum Gasteiger partial charge on any atom is 0.177 e. The van der Waals surface area contributed by atoms with Gasteiger partial charge in [0.1, 0.15) is 11.0 Å². The van der Waals surface area contributed by atoms with Crippen LogP contribution in [-0.4, -0.2) is 68.2 Å². The minimum atomic E-state index is 0.834. The van der Waals surface area contributed by atoms with Crippen molar-refractivity contribution in [3.8, 4) is 0 Å². The van der Waals surface area contributed by atoms with Crippen LogP contribution >= 0.6 is 0 Å². The number of hydrogen-bond donors (Lipinski definition) is 0. The van der Waals surface area contributed by atoms with E-state index in [1.807, 2.05) is 194 Å². The first-order valence-corrected chi connectivity index (χ1v) is 30.3. The SMILES string of the molecule is CC.CC.CC.CC.CC.CC.CC1=CCc2ccc(C)c(C)c21.Cc1ccc2ncn(C)c2c1C.Cc1cnc2cnn(C)c2c1C.Cc1cnc2ncn(C)c2c1C.Cc1ncc2cnn(C)c2c1C.Cc1ncc2ncn(C)c2c1C. The van der Waals surface area contributed by atoms with Crippen molar-refractivity contribution in [2.45, 2.75) is 180 Å². The van der Waals surface area contributed by atoms with Crippen LogP contribution < -0.4 is 0 Å². The Balaban J connectivity index is 0.000000486. The van der Waals surface area contributed by atoms with Crippen molar-refractivity contribution in [3.63, 3.8) is 0 Å². The molecule has 11 aromatic rings. The number of imidazole rings is 3. The zero-order valence-corrected chi connectivity index (χ0v) is 57.6. The molecule has 456 valence electrons. The molecule has 0 saturated carbocycles. The number of allylic oxidation sites excluding steroid dienone is 2. The molecule has 0 amide bonds. The third-order valence-corrected chi connectivity index (χ3v) is 14.3. The van der Waals surface area contributed by atoms with Gasteiger partial charge in [0.05, 0.1) is 70.7 Å². The Morgan fingerprint density at radius 1 is 0.333 bits per heavy atom. The van der Waals surface area contributed by atoms with Gasteiger partial charge >= 0.3 is 0 Å². The van der Waals surface area contributed by atoms with E-state index in [1.54, 1.807) is 12.5 Å². The van der Waals surface area contributed by atoms with Crippen molar-refractivity contribution >= 4 is 60.7 Å². The average molecular weight is 1140 g/mol. The quantitative estimate of drug-likeness (QED) is 0.145. The largest absolute Gasteiger partial charge is 0.334 e. The second-order valence-electron chi connectivity index (χ2n) is 19.1. The van der Waals surface area contributed by atoms with E-state index >= 15 is 0 Å². The predicted octanol–water partition coefficient (Wildman–Crippen LogP) is 18.0. The smallest absolute Gasteiger partial charge is 0.177 e. The number of fused-ring (bicyclic) bond motifs is 6. The first-order valence-electron chi connectivity index (χ1n) is 30.3. The summed E-state index contributed by atoms with van der Waals surface area (Å²) in [6, 6.07) is 8.66. The summed E-state index contributed by atoms with van der Waals surface area (Å²) in [5, 5.41) is 9.44. The molecule has 1 aliphatic carbocycles. The lowest BCUT2D eigenvalue weighted by molar-refractivity contribution is 0.793. The van der Waals surface area contributed by atoms with Gasteiger partial charge in [-0.05, 0) is 175 Å². The molecular formula is C70H106N14. The molecule has 1 aliphatic rings. The lowest BCUT2D eigenvalue weighted by Gasteiger charge is -2.08. The lowest BCUT2D eigenvalue weighted by atomic mass is 9.97. The van der Waals surface area contributed by atoms with E-state index < -0.39 is 0 Å². The van der Waals surface area contributed by atoms with Gasteiger partial charge in [0, 0.05) is 70.6 Å². The van der Waals surface area contributed by atoms with Crippen molar-refractivity contribution < 1.29 is 0 Å². The Bertz CT molecular complexity index is 3290. The molecule has 0 bridgehead atoms. The average Bonchev–Trinajstić information content (AvgIpc) is 4.44. The summed E-state index contributed by atoms with van der Waals surface area (Å²) in [6.07, 6.45) is 20.0. The Morgan fingerprint density at radius 2 is 0.762 bits per heavy atom. The maximum absolute atomic E-state index is 4.28. The van der Waals surface area contributed by atoms with E-state index in [2.05, 4.69) is 156 Å². The number of benzene rings is 2. The van der Waals surface area contributed by atoms with Gasteiger partial charge in [-0.1, -0.05) is 107 Å².